The molecule has 0 saturated carbocycles. The van der Waals surface area contributed by atoms with E-state index in [1.807, 2.05) is 0 Å². The van der Waals surface area contributed by atoms with Crippen LogP contribution < -0.4 is 21.7 Å². The van der Waals surface area contributed by atoms with Crippen molar-refractivity contribution in [3.05, 3.63) is 0 Å². The molecule has 11 nitrogen and oxygen atoms in total. The van der Waals surface area contributed by atoms with Crippen molar-refractivity contribution >= 4 is 29.8 Å². The molecule has 0 heterocycles. The molecule has 0 radical (unpaired) electrons. The van der Waals surface area contributed by atoms with Crippen LogP contribution in [0, 0.1) is 5.92 Å². The zero-order chi connectivity index (χ0) is 21.7. The molecule has 0 fully saturated rings. The van der Waals surface area contributed by atoms with Gasteiger partial charge in [-0.2, -0.15) is 0 Å². The molecule has 2 atom stereocenters. The van der Waals surface area contributed by atoms with E-state index in [4.69, 9.17) is 5.73 Å². The summed E-state index contributed by atoms with van der Waals surface area (Å²) < 4.78 is 4.49. The number of esters is 1. The number of nitrogens with two attached hydrogens (primary N) is 1. The molecule has 0 aromatic heterocycles. The average Bonchev–Trinajstić information content (AvgIpc) is 2.61. The molecular formula is C17H30N4O7. The van der Waals surface area contributed by atoms with E-state index in [1.54, 1.807) is 13.8 Å². The summed E-state index contributed by atoms with van der Waals surface area (Å²) >= 11 is 0. The summed E-state index contributed by atoms with van der Waals surface area (Å²) in [6, 6.07) is -2.80. The number of hydrogen-bond donors (Lipinski definition) is 5. The van der Waals surface area contributed by atoms with Crippen LogP contribution in [-0.2, 0) is 23.9 Å². The van der Waals surface area contributed by atoms with E-state index in [-0.39, 0.29) is 38.1 Å². The number of rotatable bonds is 13. The minimum Gasteiger partial charge on any atom is -0.480 e. The van der Waals surface area contributed by atoms with Gasteiger partial charge < -0.3 is 31.5 Å². The molecule has 0 saturated heterocycles. The third kappa shape index (κ3) is 11.0. The van der Waals surface area contributed by atoms with Crippen molar-refractivity contribution < 1.29 is 33.8 Å². The van der Waals surface area contributed by atoms with Crippen molar-refractivity contribution in [3.8, 4) is 0 Å². The second-order valence-corrected chi connectivity index (χ2v) is 6.55. The Balaban J connectivity index is 4.66. The van der Waals surface area contributed by atoms with E-state index in [1.165, 1.54) is 7.11 Å². The van der Waals surface area contributed by atoms with Crippen LogP contribution in [0.5, 0.6) is 0 Å². The number of carboxylic acid groups (broad SMARTS) is 1. The quantitative estimate of drug-likeness (QED) is 0.203. The van der Waals surface area contributed by atoms with Crippen LogP contribution in [0.3, 0.4) is 0 Å². The number of aliphatic carboxylic acids is 1. The van der Waals surface area contributed by atoms with Crippen LogP contribution in [0.15, 0.2) is 0 Å². The van der Waals surface area contributed by atoms with Crippen molar-refractivity contribution in [3.63, 3.8) is 0 Å². The lowest BCUT2D eigenvalue weighted by Gasteiger charge is -2.24. The summed E-state index contributed by atoms with van der Waals surface area (Å²) in [5.41, 5.74) is 4.93. The molecule has 0 aliphatic rings. The number of ether oxygens (including phenoxy) is 1. The fraction of sp³-hybridized carbons (Fsp3) is 0.706. The Morgan fingerprint density at radius 3 is 2.18 bits per heavy atom. The highest BCUT2D eigenvalue weighted by Gasteiger charge is 2.28. The normalized spacial score (nSPS) is 12.6. The van der Waals surface area contributed by atoms with Crippen LogP contribution in [0.4, 0.5) is 4.79 Å². The molecule has 4 amide bonds. The molecule has 11 heteroatoms. The molecule has 0 aromatic rings. The van der Waals surface area contributed by atoms with Gasteiger partial charge in [0.05, 0.1) is 7.11 Å². The zero-order valence-electron chi connectivity index (χ0n) is 16.4. The lowest BCUT2D eigenvalue weighted by atomic mass is 10.0. The molecule has 0 aromatic carbocycles. The maximum Gasteiger partial charge on any atom is 0.326 e. The van der Waals surface area contributed by atoms with Crippen molar-refractivity contribution in [2.75, 3.05) is 13.7 Å². The van der Waals surface area contributed by atoms with Crippen molar-refractivity contribution in [1.29, 1.82) is 0 Å². The zero-order valence-corrected chi connectivity index (χ0v) is 16.4. The van der Waals surface area contributed by atoms with E-state index in [9.17, 15) is 29.1 Å². The highest BCUT2D eigenvalue weighted by Crippen LogP contribution is 2.06. The number of hydrogen-bond acceptors (Lipinski definition) is 6. The summed E-state index contributed by atoms with van der Waals surface area (Å²) in [6.07, 6.45) is 0.775. The summed E-state index contributed by atoms with van der Waals surface area (Å²) in [5.74, 6) is -2.97. The van der Waals surface area contributed by atoms with E-state index < -0.39 is 41.9 Å². The SMILES string of the molecule is COC(=O)CCCC(=O)NC(C(=O)N[C@@H](CCCNC(N)=O)C(=O)O)C(C)C. The van der Waals surface area contributed by atoms with Gasteiger partial charge in [0.1, 0.15) is 12.1 Å². The number of carboxylic acids is 1. The molecule has 1 unspecified atom stereocenters. The molecule has 0 aliphatic carbocycles. The molecule has 0 rings (SSSR count). The van der Waals surface area contributed by atoms with Gasteiger partial charge in [-0.15, -0.1) is 0 Å². The number of carbonyl (C=O) groups excluding carboxylic acids is 4. The van der Waals surface area contributed by atoms with Gasteiger partial charge in [0, 0.05) is 19.4 Å². The molecule has 0 aliphatic heterocycles. The number of primary amides is 1. The second-order valence-electron chi connectivity index (χ2n) is 6.55. The largest absolute Gasteiger partial charge is 0.480 e. The highest BCUT2D eigenvalue weighted by atomic mass is 16.5. The Kier molecular flexibility index (Phi) is 12.0. The minimum atomic E-state index is -1.22. The molecular weight excluding hydrogens is 372 g/mol. The van der Waals surface area contributed by atoms with Crippen molar-refractivity contribution in [2.24, 2.45) is 11.7 Å². The first-order valence-electron chi connectivity index (χ1n) is 9.01. The number of methoxy groups -OCH3 is 1. The van der Waals surface area contributed by atoms with E-state index in [2.05, 4.69) is 20.7 Å². The molecule has 0 bridgehead atoms. The van der Waals surface area contributed by atoms with Gasteiger partial charge in [0.2, 0.25) is 11.8 Å². The Bertz CT molecular complexity index is 566. The molecule has 28 heavy (non-hydrogen) atoms. The average molecular weight is 402 g/mol. The predicted molar refractivity (Wildman–Crippen MR) is 99.0 cm³/mol. The summed E-state index contributed by atoms with van der Waals surface area (Å²) in [6.45, 7) is 3.61. The number of carbonyl (C=O) groups is 5. The van der Waals surface area contributed by atoms with Crippen LogP contribution in [-0.4, -0.2) is 60.6 Å². The Hall–Kier alpha value is -2.85. The fourth-order valence-corrected chi connectivity index (χ4v) is 2.31. The Labute approximate surface area is 163 Å². The monoisotopic (exact) mass is 402 g/mol. The molecule has 0 spiro atoms. The topological polar surface area (TPSA) is 177 Å². The summed E-state index contributed by atoms with van der Waals surface area (Å²) in [4.78, 5) is 57.5. The lowest BCUT2D eigenvalue weighted by molar-refractivity contribution is -0.142. The standard InChI is InChI=1S/C17H30N4O7/c1-10(2)14(21-12(22)7-4-8-13(23)28-3)15(24)20-11(16(25)26)6-5-9-19-17(18)27/h10-11,14H,4-9H2,1-3H3,(H,20,24)(H,21,22)(H,25,26)(H3,18,19,27)/t11-,14?/m0/s1. The van der Waals surface area contributed by atoms with Crippen LogP contribution in [0.25, 0.3) is 0 Å². The van der Waals surface area contributed by atoms with E-state index in [0.717, 1.165) is 0 Å². The fourth-order valence-electron chi connectivity index (χ4n) is 2.31. The first-order valence-corrected chi connectivity index (χ1v) is 9.01. The smallest absolute Gasteiger partial charge is 0.326 e. The lowest BCUT2D eigenvalue weighted by Crippen LogP contribution is -2.53. The summed E-state index contributed by atoms with van der Waals surface area (Å²) in [5, 5.41) is 16.6. The molecule has 160 valence electrons. The van der Waals surface area contributed by atoms with E-state index >= 15 is 0 Å². The van der Waals surface area contributed by atoms with Gasteiger partial charge in [0.15, 0.2) is 0 Å². The van der Waals surface area contributed by atoms with Crippen LogP contribution in [0.1, 0.15) is 46.0 Å². The third-order valence-corrected chi connectivity index (χ3v) is 3.86. The van der Waals surface area contributed by atoms with Crippen molar-refractivity contribution in [1.82, 2.24) is 16.0 Å². The first-order chi connectivity index (χ1) is 13.1. The molecule has 6 N–H and O–H groups in total. The number of amides is 4. The van der Waals surface area contributed by atoms with Gasteiger partial charge in [-0.3, -0.25) is 14.4 Å². The van der Waals surface area contributed by atoms with Crippen LogP contribution in [0.2, 0.25) is 0 Å². The highest BCUT2D eigenvalue weighted by molar-refractivity contribution is 5.90. The maximum atomic E-state index is 12.5. The minimum absolute atomic E-state index is 0.0345. The number of urea groups is 1. The second kappa shape index (κ2) is 13.3. The Morgan fingerprint density at radius 1 is 1.04 bits per heavy atom. The van der Waals surface area contributed by atoms with Gasteiger partial charge in [-0.05, 0) is 25.2 Å². The Morgan fingerprint density at radius 2 is 1.68 bits per heavy atom. The van der Waals surface area contributed by atoms with Gasteiger partial charge in [-0.1, -0.05) is 13.8 Å². The van der Waals surface area contributed by atoms with Crippen molar-refractivity contribution in [2.45, 2.75) is 58.0 Å². The van der Waals surface area contributed by atoms with Gasteiger partial charge >= 0.3 is 18.0 Å². The summed E-state index contributed by atoms with van der Waals surface area (Å²) in [7, 11) is 1.25. The van der Waals surface area contributed by atoms with Gasteiger partial charge in [-0.25, -0.2) is 9.59 Å². The predicted octanol–water partition coefficient (Wildman–Crippen LogP) is -0.512. The maximum absolute atomic E-state index is 12.5. The van der Waals surface area contributed by atoms with Crippen LogP contribution >= 0.6 is 0 Å². The van der Waals surface area contributed by atoms with E-state index in [0.29, 0.717) is 6.42 Å². The van der Waals surface area contributed by atoms with Gasteiger partial charge in [0.25, 0.3) is 0 Å². The first kappa shape index (κ1) is 25.1. The third-order valence-electron chi connectivity index (χ3n) is 3.86. The number of nitrogens with one attached hydrogen (secondary N) is 3.